The molecule has 3 unspecified atom stereocenters. The van der Waals surface area contributed by atoms with Crippen LogP contribution >= 0.6 is 0 Å². The minimum absolute atomic E-state index is 0.0950. The summed E-state index contributed by atoms with van der Waals surface area (Å²) in [6.07, 6.45) is 9.03. The van der Waals surface area contributed by atoms with E-state index in [1.54, 1.807) is 0 Å². The van der Waals surface area contributed by atoms with Gasteiger partial charge in [-0.2, -0.15) is 5.26 Å². The van der Waals surface area contributed by atoms with Crippen LogP contribution in [0.2, 0.25) is 0 Å². The lowest BCUT2D eigenvalue weighted by Crippen LogP contribution is -2.26. The normalized spacial score (nSPS) is 38.5. The molecule has 2 saturated carbocycles. The van der Waals surface area contributed by atoms with Crippen molar-refractivity contribution in [3.8, 4) is 6.07 Å². The van der Waals surface area contributed by atoms with E-state index in [1.165, 1.54) is 44.9 Å². The van der Waals surface area contributed by atoms with Crippen LogP contribution in [-0.2, 0) is 0 Å². The monoisotopic (exact) mass is 205 g/mol. The van der Waals surface area contributed by atoms with Crippen LogP contribution in [0.4, 0.5) is 0 Å². The van der Waals surface area contributed by atoms with Crippen LogP contribution in [0.5, 0.6) is 0 Å². The van der Waals surface area contributed by atoms with Gasteiger partial charge in [0, 0.05) is 0 Å². The largest absolute Gasteiger partial charge is 0.198 e. The number of hydrogen-bond donors (Lipinski definition) is 0. The van der Waals surface area contributed by atoms with Crippen molar-refractivity contribution in [2.24, 2.45) is 23.2 Å². The van der Waals surface area contributed by atoms with E-state index in [-0.39, 0.29) is 5.41 Å². The van der Waals surface area contributed by atoms with Gasteiger partial charge in [-0.15, -0.1) is 0 Å². The van der Waals surface area contributed by atoms with Gasteiger partial charge in [-0.05, 0) is 43.4 Å². The van der Waals surface area contributed by atoms with E-state index in [9.17, 15) is 5.26 Å². The molecule has 0 radical (unpaired) electrons. The van der Waals surface area contributed by atoms with Crippen molar-refractivity contribution >= 4 is 0 Å². The van der Waals surface area contributed by atoms with Crippen molar-refractivity contribution in [1.82, 2.24) is 0 Å². The number of nitriles is 1. The van der Waals surface area contributed by atoms with Crippen LogP contribution in [0.25, 0.3) is 0 Å². The van der Waals surface area contributed by atoms with Crippen molar-refractivity contribution < 1.29 is 0 Å². The average Bonchev–Trinajstić information content (AvgIpc) is 2.77. The summed E-state index contributed by atoms with van der Waals surface area (Å²) in [6.45, 7) is 4.56. The summed E-state index contributed by atoms with van der Waals surface area (Å²) in [5, 5.41) is 9.45. The van der Waals surface area contributed by atoms with Crippen LogP contribution < -0.4 is 0 Å². The molecule has 0 N–H and O–H groups in total. The average molecular weight is 205 g/mol. The molecule has 0 aliphatic heterocycles. The Hall–Kier alpha value is -0.510. The summed E-state index contributed by atoms with van der Waals surface area (Å²) in [7, 11) is 0. The van der Waals surface area contributed by atoms with Crippen LogP contribution in [0.3, 0.4) is 0 Å². The van der Waals surface area contributed by atoms with E-state index < -0.39 is 0 Å². The van der Waals surface area contributed by atoms with Gasteiger partial charge in [0.2, 0.25) is 0 Å². The lowest BCUT2D eigenvalue weighted by atomic mass is 9.71. The molecule has 0 amide bonds. The highest BCUT2D eigenvalue weighted by atomic mass is 14.5. The van der Waals surface area contributed by atoms with Crippen molar-refractivity contribution in [2.75, 3.05) is 0 Å². The Morgan fingerprint density at radius 2 is 2.20 bits per heavy atom. The van der Waals surface area contributed by atoms with Gasteiger partial charge >= 0.3 is 0 Å². The Balaban J connectivity index is 1.90. The lowest BCUT2D eigenvalue weighted by molar-refractivity contribution is 0.214. The zero-order chi connectivity index (χ0) is 10.9. The molecule has 2 rings (SSSR count). The van der Waals surface area contributed by atoms with Crippen molar-refractivity contribution in [3.63, 3.8) is 0 Å². The molecular weight excluding hydrogens is 182 g/mol. The lowest BCUT2D eigenvalue weighted by Gasteiger charge is -2.31. The van der Waals surface area contributed by atoms with Gasteiger partial charge in [0.25, 0.3) is 0 Å². The molecule has 84 valence electrons. The first-order valence-corrected chi connectivity index (χ1v) is 6.57. The molecule has 0 spiro atoms. The van der Waals surface area contributed by atoms with Gasteiger partial charge < -0.3 is 0 Å². The molecule has 0 saturated heterocycles. The summed E-state index contributed by atoms with van der Waals surface area (Å²) in [4.78, 5) is 0. The quantitative estimate of drug-likeness (QED) is 0.676. The third-order valence-electron chi connectivity index (χ3n) is 4.60. The maximum Gasteiger partial charge on any atom is 0.0692 e. The molecule has 2 aliphatic rings. The SMILES string of the molecule is CC(C)CCCC1(C#N)CC2CCC1C2. The smallest absolute Gasteiger partial charge is 0.0692 e. The molecule has 15 heavy (non-hydrogen) atoms. The van der Waals surface area contributed by atoms with Crippen LogP contribution in [0.15, 0.2) is 0 Å². The fraction of sp³-hybridized carbons (Fsp3) is 0.929. The molecule has 2 bridgehead atoms. The van der Waals surface area contributed by atoms with E-state index in [0.717, 1.165) is 17.8 Å². The second kappa shape index (κ2) is 4.16. The second-order valence-corrected chi connectivity index (χ2v) is 6.13. The second-order valence-electron chi connectivity index (χ2n) is 6.13. The highest BCUT2D eigenvalue weighted by Gasteiger charge is 2.50. The van der Waals surface area contributed by atoms with E-state index in [4.69, 9.17) is 0 Å². The fourth-order valence-corrected chi connectivity index (χ4v) is 3.77. The molecule has 1 nitrogen and oxygen atoms in total. The number of nitrogens with zero attached hydrogens (tertiary/aromatic N) is 1. The van der Waals surface area contributed by atoms with Crippen LogP contribution in [0.1, 0.15) is 58.8 Å². The van der Waals surface area contributed by atoms with E-state index >= 15 is 0 Å². The van der Waals surface area contributed by atoms with Crippen molar-refractivity contribution in [2.45, 2.75) is 58.8 Å². The Morgan fingerprint density at radius 3 is 2.67 bits per heavy atom. The number of fused-ring (bicyclic) bond motifs is 2. The topological polar surface area (TPSA) is 23.8 Å². The Kier molecular flexibility index (Phi) is 3.05. The summed E-state index contributed by atoms with van der Waals surface area (Å²) < 4.78 is 0. The van der Waals surface area contributed by atoms with Gasteiger partial charge in [0.1, 0.15) is 0 Å². The Bertz CT molecular complexity index is 263. The molecule has 2 aliphatic carbocycles. The van der Waals surface area contributed by atoms with Crippen molar-refractivity contribution in [3.05, 3.63) is 0 Å². The first-order chi connectivity index (χ1) is 7.16. The van der Waals surface area contributed by atoms with Gasteiger partial charge in [0.15, 0.2) is 0 Å². The van der Waals surface area contributed by atoms with E-state index in [2.05, 4.69) is 19.9 Å². The third kappa shape index (κ3) is 2.05. The molecule has 1 heteroatoms. The number of rotatable bonds is 4. The van der Waals surface area contributed by atoms with Gasteiger partial charge in [0.05, 0.1) is 11.5 Å². The first kappa shape index (κ1) is 11.0. The van der Waals surface area contributed by atoms with Crippen LogP contribution in [0, 0.1) is 34.5 Å². The Morgan fingerprint density at radius 1 is 1.40 bits per heavy atom. The van der Waals surface area contributed by atoms with Crippen LogP contribution in [-0.4, -0.2) is 0 Å². The standard InChI is InChI=1S/C14H23N/c1-11(2)4-3-7-14(10-15)9-12-5-6-13(14)8-12/h11-13H,3-9H2,1-2H3. The van der Waals surface area contributed by atoms with E-state index in [1.807, 2.05) is 0 Å². The summed E-state index contributed by atoms with van der Waals surface area (Å²) in [5.41, 5.74) is 0.0950. The fourth-order valence-electron chi connectivity index (χ4n) is 3.77. The minimum atomic E-state index is 0.0950. The molecule has 3 atom stereocenters. The predicted octanol–water partition coefficient (Wildman–Crippen LogP) is 4.14. The first-order valence-electron chi connectivity index (χ1n) is 6.57. The molecule has 0 heterocycles. The molecule has 0 aromatic heterocycles. The highest BCUT2D eigenvalue weighted by molar-refractivity contribution is 5.11. The van der Waals surface area contributed by atoms with Gasteiger partial charge in [-0.1, -0.05) is 33.1 Å². The van der Waals surface area contributed by atoms with E-state index in [0.29, 0.717) is 0 Å². The van der Waals surface area contributed by atoms with Crippen molar-refractivity contribution in [1.29, 1.82) is 5.26 Å². The summed E-state index contributed by atoms with van der Waals surface area (Å²) >= 11 is 0. The molecular formula is C14H23N. The highest BCUT2D eigenvalue weighted by Crippen LogP contribution is 2.57. The zero-order valence-corrected chi connectivity index (χ0v) is 10.1. The number of hydrogen-bond acceptors (Lipinski definition) is 1. The molecule has 2 fully saturated rings. The molecule has 0 aromatic rings. The zero-order valence-electron chi connectivity index (χ0n) is 10.1. The van der Waals surface area contributed by atoms with Gasteiger partial charge in [-0.25, -0.2) is 0 Å². The minimum Gasteiger partial charge on any atom is -0.198 e. The Labute approximate surface area is 93.9 Å². The van der Waals surface area contributed by atoms with Gasteiger partial charge in [-0.3, -0.25) is 0 Å². The maximum absolute atomic E-state index is 9.45. The maximum atomic E-state index is 9.45. The predicted molar refractivity (Wildman–Crippen MR) is 62.2 cm³/mol. The third-order valence-corrected chi connectivity index (χ3v) is 4.60. The summed E-state index contributed by atoms with van der Waals surface area (Å²) in [5.74, 6) is 2.44. The summed E-state index contributed by atoms with van der Waals surface area (Å²) in [6, 6.07) is 2.68. The molecule has 0 aromatic carbocycles.